The Bertz CT molecular complexity index is 1710. The highest BCUT2D eigenvalue weighted by Gasteiger charge is 2.52. The van der Waals surface area contributed by atoms with Crippen LogP contribution in [0.25, 0.3) is 0 Å². The second-order valence-corrected chi connectivity index (χ2v) is 14.8. The van der Waals surface area contributed by atoms with Crippen LogP contribution in [0.5, 0.6) is 0 Å². The lowest BCUT2D eigenvalue weighted by atomic mass is 9.92. The van der Waals surface area contributed by atoms with Gasteiger partial charge < -0.3 is 18.9 Å². The summed E-state index contributed by atoms with van der Waals surface area (Å²) in [5.74, 6) is -1.13. The Morgan fingerprint density at radius 1 is 1.06 bits per heavy atom. The van der Waals surface area contributed by atoms with Gasteiger partial charge in [-0.15, -0.1) is 0 Å². The minimum atomic E-state index is -4.07. The number of methoxy groups -OCH3 is 1. The first-order chi connectivity index (χ1) is 22.2. The van der Waals surface area contributed by atoms with E-state index in [1.54, 1.807) is 6.92 Å². The lowest BCUT2D eigenvalue weighted by Gasteiger charge is -2.33. The molecule has 13 heteroatoms. The molecular weight excluding hydrogens is 624 g/mol. The van der Waals surface area contributed by atoms with E-state index < -0.39 is 50.7 Å². The summed E-state index contributed by atoms with van der Waals surface area (Å²) in [6, 6.07) is 17.2. The lowest BCUT2D eigenvalue weighted by Crippen LogP contribution is -2.44. The molecule has 1 aliphatic carbocycles. The zero-order valence-electron chi connectivity index (χ0n) is 27.4. The van der Waals surface area contributed by atoms with E-state index in [2.05, 4.69) is 20.1 Å². The number of hydrogen-bond acceptors (Lipinski definition) is 10. The van der Waals surface area contributed by atoms with Gasteiger partial charge >= 0.3 is 12.1 Å². The second kappa shape index (κ2) is 13.4. The first-order valence-corrected chi connectivity index (χ1v) is 17.4. The van der Waals surface area contributed by atoms with Crippen molar-refractivity contribution in [3.05, 3.63) is 77.2 Å². The molecule has 1 aromatic heterocycles. The van der Waals surface area contributed by atoms with Crippen molar-refractivity contribution in [1.29, 1.82) is 0 Å². The lowest BCUT2D eigenvalue weighted by molar-refractivity contribution is -0.149. The van der Waals surface area contributed by atoms with Crippen molar-refractivity contribution in [3.63, 3.8) is 0 Å². The van der Waals surface area contributed by atoms with Gasteiger partial charge in [-0.2, -0.15) is 0 Å². The molecule has 3 aromatic rings. The first-order valence-electron chi connectivity index (χ1n) is 15.7. The number of aromatic nitrogens is 1. The van der Waals surface area contributed by atoms with Crippen molar-refractivity contribution < 1.29 is 36.8 Å². The molecule has 0 spiro atoms. The van der Waals surface area contributed by atoms with Crippen LogP contribution in [-0.2, 0) is 34.5 Å². The standard InChI is InChI=1S/C34H42N4O8S/c1-22-28(35-32(41)45-23(2)24-9-7-6-8-10-24)29(46-36-22)25-15-19-38(20-16-25)27-13-11-26(12-14-27)34(17-18-34)30(39)37-47(42,43)21-33(3,4)31(40)44-5/h6-14,23,25H,15-21H2,1-5H3,(H,35,41)(H,37,39)/t23-/m1/s1. The third-order valence-electron chi connectivity index (χ3n) is 9.04. The first kappa shape index (κ1) is 34.0. The molecule has 0 bridgehead atoms. The van der Waals surface area contributed by atoms with Gasteiger partial charge in [-0.05, 0) is 76.6 Å². The van der Waals surface area contributed by atoms with Crippen LogP contribution in [0.3, 0.4) is 0 Å². The highest BCUT2D eigenvalue weighted by molar-refractivity contribution is 7.90. The molecule has 1 atom stereocenters. The fourth-order valence-electron chi connectivity index (χ4n) is 6.15. The molecular formula is C34H42N4O8S. The number of benzene rings is 2. The van der Waals surface area contributed by atoms with Crippen molar-refractivity contribution in [3.8, 4) is 0 Å². The third kappa shape index (κ3) is 7.61. The minimum Gasteiger partial charge on any atom is -0.469 e. The van der Waals surface area contributed by atoms with E-state index in [9.17, 15) is 22.8 Å². The number of ether oxygens (including phenoxy) is 2. The average Bonchev–Trinajstić information content (AvgIpc) is 3.79. The fourth-order valence-corrected chi connectivity index (χ4v) is 7.77. The second-order valence-electron chi connectivity index (χ2n) is 13.0. The minimum absolute atomic E-state index is 0.0538. The van der Waals surface area contributed by atoms with Crippen LogP contribution in [0.15, 0.2) is 59.1 Å². The molecule has 1 saturated heterocycles. The monoisotopic (exact) mass is 666 g/mol. The Labute approximate surface area is 275 Å². The Morgan fingerprint density at radius 2 is 1.70 bits per heavy atom. The number of rotatable bonds is 11. The van der Waals surface area contributed by atoms with Crippen LogP contribution in [0.2, 0.25) is 0 Å². The zero-order valence-corrected chi connectivity index (χ0v) is 28.2. The van der Waals surface area contributed by atoms with Gasteiger partial charge in [0.25, 0.3) is 0 Å². The van der Waals surface area contributed by atoms with Crippen molar-refractivity contribution >= 4 is 39.4 Å². The molecule has 12 nitrogen and oxygen atoms in total. The summed E-state index contributed by atoms with van der Waals surface area (Å²) in [4.78, 5) is 40.1. The van der Waals surface area contributed by atoms with E-state index >= 15 is 0 Å². The molecule has 2 heterocycles. The number of carbonyl (C=O) groups is 3. The predicted molar refractivity (Wildman–Crippen MR) is 175 cm³/mol. The largest absolute Gasteiger partial charge is 0.469 e. The molecule has 2 amide bonds. The number of hydrogen-bond donors (Lipinski definition) is 2. The van der Waals surface area contributed by atoms with Crippen molar-refractivity contribution in [2.24, 2.45) is 5.41 Å². The van der Waals surface area contributed by atoms with Gasteiger partial charge in [-0.25, -0.2) is 13.2 Å². The Hall–Kier alpha value is -4.39. The molecule has 5 rings (SSSR count). The number of nitrogens with zero attached hydrogens (tertiary/aromatic N) is 2. The van der Waals surface area contributed by atoms with Crippen molar-refractivity contribution in [2.75, 3.05) is 36.2 Å². The molecule has 2 N–H and O–H groups in total. The van der Waals surface area contributed by atoms with Crippen LogP contribution >= 0.6 is 0 Å². The Balaban J connectivity index is 1.17. The van der Waals surface area contributed by atoms with E-state index in [1.807, 2.05) is 61.5 Å². The molecule has 252 valence electrons. The van der Waals surface area contributed by atoms with Crippen molar-refractivity contribution in [1.82, 2.24) is 9.88 Å². The van der Waals surface area contributed by atoms with E-state index in [0.717, 1.165) is 42.7 Å². The summed E-state index contributed by atoms with van der Waals surface area (Å²) in [6.45, 7) is 7.99. The van der Waals surface area contributed by atoms with E-state index in [-0.39, 0.29) is 5.92 Å². The fraction of sp³-hybridized carbons (Fsp3) is 0.471. The molecule has 0 radical (unpaired) electrons. The topological polar surface area (TPSA) is 157 Å². The molecule has 2 aromatic carbocycles. The highest BCUT2D eigenvalue weighted by Crippen LogP contribution is 2.49. The maximum absolute atomic E-state index is 13.2. The number of sulfonamides is 1. The molecule has 2 aliphatic rings. The maximum atomic E-state index is 13.2. The van der Waals surface area contributed by atoms with Gasteiger partial charge in [0.2, 0.25) is 15.9 Å². The summed E-state index contributed by atoms with van der Waals surface area (Å²) >= 11 is 0. The van der Waals surface area contributed by atoms with Gasteiger partial charge in [-0.3, -0.25) is 19.6 Å². The van der Waals surface area contributed by atoms with E-state index in [4.69, 9.17) is 14.0 Å². The number of esters is 1. The van der Waals surface area contributed by atoms with Crippen LogP contribution in [0, 0.1) is 12.3 Å². The number of anilines is 2. The molecule has 1 aliphatic heterocycles. The number of amides is 2. The highest BCUT2D eigenvalue weighted by atomic mass is 32.2. The quantitative estimate of drug-likeness (QED) is 0.256. The number of carbonyl (C=O) groups excluding carboxylic acids is 3. The van der Waals surface area contributed by atoms with Crippen LogP contribution < -0.4 is 14.9 Å². The van der Waals surface area contributed by atoms with Gasteiger partial charge in [0.05, 0.1) is 23.7 Å². The van der Waals surface area contributed by atoms with Crippen LogP contribution in [-0.4, -0.2) is 57.5 Å². The van der Waals surface area contributed by atoms with Gasteiger partial charge in [0.15, 0.2) is 5.76 Å². The van der Waals surface area contributed by atoms with Gasteiger partial charge in [0, 0.05) is 24.7 Å². The van der Waals surface area contributed by atoms with E-state index in [1.165, 1.54) is 21.0 Å². The Morgan fingerprint density at radius 3 is 2.30 bits per heavy atom. The summed E-state index contributed by atoms with van der Waals surface area (Å²) in [5.41, 5.74) is 1.54. The van der Waals surface area contributed by atoms with E-state index in [0.29, 0.717) is 30.0 Å². The summed E-state index contributed by atoms with van der Waals surface area (Å²) in [5, 5.41) is 6.96. The number of aryl methyl sites for hydroxylation is 1. The predicted octanol–water partition coefficient (Wildman–Crippen LogP) is 5.35. The van der Waals surface area contributed by atoms with Gasteiger partial charge in [0.1, 0.15) is 17.5 Å². The third-order valence-corrected chi connectivity index (χ3v) is 10.6. The van der Waals surface area contributed by atoms with Crippen LogP contribution in [0.1, 0.15) is 81.1 Å². The maximum Gasteiger partial charge on any atom is 0.412 e. The normalized spacial score (nSPS) is 17.0. The number of nitrogens with one attached hydrogen (secondary N) is 2. The molecule has 0 unspecified atom stereocenters. The summed E-state index contributed by atoms with van der Waals surface area (Å²) in [6.07, 6.45) is 1.61. The average molecular weight is 667 g/mol. The SMILES string of the molecule is COC(=O)C(C)(C)CS(=O)(=O)NC(=O)C1(c2ccc(N3CCC(c4onc(C)c4NC(=O)O[C@H](C)c4ccccc4)CC3)cc2)CC1. The summed E-state index contributed by atoms with van der Waals surface area (Å²) in [7, 11) is -2.88. The smallest absolute Gasteiger partial charge is 0.412 e. The van der Waals surface area contributed by atoms with Gasteiger partial charge in [-0.1, -0.05) is 47.6 Å². The molecule has 2 fully saturated rings. The Kier molecular flexibility index (Phi) is 9.67. The molecule has 1 saturated carbocycles. The number of piperidine rings is 1. The van der Waals surface area contributed by atoms with Crippen LogP contribution in [0.4, 0.5) is 16.2 Å². The molecule has 47 heavy (non-hydrogen) atoms. The zero-order chi connectivity index (χ0) is 34.0. The summed E-state index contributed by atoms with van der Waals surface area (Å²) < 4.78 is 43.7. The van der Waals surface area contributed by atoms with Crippen molar-refractivity contribution in [2.45, 2.75) is 70.8 Å².